The normalized spacial score (nSPS) is 18.8. The zero-order valence-electron chi connectivity index (χ0n) is 12.5. The number of carbonyl (C=O) groups excluding carboxylic acids is 1. The fraction of sp³-hybridized carbons (Fsp3) is 0.467. The Hall–Kier alpha value is -2.44. The van der Waals surface area contributed by atoms with Gasteiger partial charge in [-0.05, 0) is 25.0 Å². The van der Waals surface area contributed by atoms with Crippen LogP contribution in [0, 0.1) is 6.92 Å². The molecule has 7 heteroatoms. The van der Waals surface area contributed by atoms with Gasteiger partial charge in [0.15, 0.2) is 5.82 Å². The third-order valence-corrected chi connectivity index (χ3v) is 3.79. The minimum Gasteiger partial charge on any atom is -0.340 e. The van der Waals surface area contributed by atoms with Crippen LogP contribution < -0.4 is 5.32 Å². The van der Waals surface area contributed by atoms with Gasteiger partial charge in [0.2, 0.25) is 5.89 Å². The van der Waals surface area contributed by atoms with Crippen molar-refractivity contribution in [2.45, 2.75) is 38.6 Å². The molecule has 0 bridgehead atoms. The Morgan fingerprint density at radius 3 is 2.86 bits per heavy atom. The van der Waals surface area contributed by atoms with Gasteiger partial charge in [0.25, 0.3) is 0 Å². The Bertz CT molecular complexity index is 628. The average Bonchev–Trinajstić information content (AvgIpc) is 2.81. The van der Waals surface area contributed by atoms with Gasteiger partial charge in [-0.25, -0.2) is 4.79 Å². The zero-order valence-corrected chi connectivity index (χ0v) is 12.5. The molecule has 116 valence electrons. The maximum absolute atomic E-state index is 12.6. The van der Waals surface area contributed by atoms with Crippen LogP contribution in [0.1, 0.15) is 43.4 Å². The molecule has 0 radical (unpaired) electrons. The van der Waals surface area contributed by atoms with E-state index < -0.39 is 0 Å². The second kappa shape index (κ2) is 6.55. The molecule has 0 aromatic carbocycles. The number of rotatable bonds is 2. The van der Waals surface area contributed by atoms with Gasteiger partial charge in [-0.2, -0.15) is 4.98 Å². The van der Waals surface area contributed by atoms with E-state index in [1.54, 1.807) is 36.4 Å². The minimum absolute atomic E-state index is 0.137. The van der Waals surface area contributed by atoms with Crippen LogP contribution in [-0.2, 0) is 0 Å². The second-order valence-corrected chi connectivity index (χ2v) is 5.40. The summed E-state index contributed by atoms with van der Waals surface area (Å²) in [5.74, 6) is 1.11. The van der Waals surface area contributed by atoms with Crippen LogP contribution in [0.4, 0.5) is 10.5 Å². The lowest BCUT2D eigenvalue weighted by molar-refractivity contribution is 0.184. The molecule has 1 aliphatic rings. The first-order valence-electron chi connectivity index (χ1n) is 7.52. The van der Waals surface area contributed by atoms with Crippen LogP contribution in [0.2, 0.25) is 0 Å². The average molecular weight is 301 g/mol. The molecule has 1 atom stereocenters. The van der Waals surface area contributed by atoms with Crippen LogP contribution in [-0.4, -0.2) is 32.6 Å². The Labute approximate surface area is 128 Å². The number of nitrogens with one attached hydrogen (secondary N) is 1. The highest BCUT2D eigenvalue weighted by Crippen LogP contribution is 2.29. The number of anilines is 1. The van der Waals surface area contributed by atoms with E-state index in [2.05, 4.69) is 20.4 Å². The molecule has 2 aromatic rings. The van der Waals surface area contributed by atoms with Gasteiger partial charge in [0.1, 0.15) is 0 Å². The van der Waals surface area contributed by atoms with E-state index in [0.717, 1.165) is 31.4 Å². The van der Waals surface area contributed by atoms with Crippen LogP contribution >= 0.6 is 0 Å². The molecule has 1 saturated heterocycles. The fourth-order valence-electron chi connectivity index (χ4n) is 2.70. The molecule has 1 N–H and O–H groups in total. The van der Waals surface area contributed by atoms with E-state index >= 15 is 0 Å². The van der Waals surface area contributed by atoms with Crippen molar-refractivity contribution in [3.05, 3.63) is 36.2 Å². The summed E-state index contributed by atoms with van der Waals surface area (Å²) in [6.07, 6.45) is 7.29. The van der Waals surface area contributed by atoms with Gasteiger partial charge in [-0.15, -0.1) is 0 Å². The van der Waals surface area contributed by atoms with Crippen molar-refractivity contribution in [2.24, 2.45) is 0 Å². The lowest BCUT2D eigenvalue weighted by atomic mass is 10.1. The molecule has 3 rings (SSSR count). The van der Waals surface area contributed by atoms with E-state index in [9.17, 15) is 4.79 Å². The Morgan fingerprint density at radius 1 is 1.32 bits per heavy atom. The number of urea groups is 1. The summed E-state index contributed by atoms with van der Waals surface area (Å²) in [5.41, 5.74) is 0.729. The maximum Gasteiger partial charge on any atom is 0.322 e. The maximum atomic E-state index is 12.6. The number of aromatic nitrogens is 3. The Balaban J connectivity index is 1.79. The molecule has 0 unspecified atom stereocenters. The quantitative estimate of drug-likeness (QED) is 0.922. The first-order valence-corrected chi connectivity index (χ1v) is 7.52. The van der Waals surface area contributed by atoms with E-state index in [1.165, 1.54) is 0 Å². The van der Waals surface area contributed by atoms with Crippen LogP contribution in [0.15, 0.2) is 29.0 Å². The third kappa shape index (κ3) is 3.24. The van der Waals surface area contributed by atoms with Crippen molar-refractivity contribution >= 4 is 11.7 Å². The molecule has 1 aliphatic heterocycles. The van der Waals surface area contributed by atoms with Crippen molar-refractivity contribution in [2.75, 3.05) is 11.9 Å². The van der Waals surface area contributed by atoms with Gasteiger partial charge in [0, 0.05) is 31.5 Å². The number of pyridine rings is 1. The number of aryl methyl sites for hydroxylation is 1. The van der Waals surface area contributed by atoms with E-state index in [-0.39, 0.29) is 12.1 Å². The molecule has 2 amide bonds. The van der Waals surface area contributed by atoms with Crippen molar-refractivity contribution in [3.8, 4) is 0 Å². The van der Waals surface area contributed by atoms with Gasteiger partial charge in [-0.1, -0.05) is 18.0 Å². The summed E-state index contributed by atoms with van der Waals surface area (Å²) in [6.45, 7) is 2.45. The van der Waals surface area contributed by atoms with Gasteiger partial charge < -0.3 is 14.7 Å². The molecule has 0 aliphatic carbocycles. The first-order chi connectivity index (χ1) is 10.7. The van der Waals surface area contributed by atoms with Crippen molar-refractivity contribution in [1.82, 2.24) is 20.0 Å². The van der Waals surface area contributed by atoms with E-state index in [0.29, 0.717) is 18.3 Å². The fourth-order valence-corrected chi connectivity index (χ4v) is 2.70. The third-order valence-electron chi connectivity index (χ3n) is 3.79. The molecule has 0 spiro atoms. The predicted molar refractivity (Wildman–Crippen MR) is 80.2 cm³/mol. The van der Waals surface area contributed by atoms with Gasteiger partial charge in [0.05, 0.1) is 6.04 Å². The second-order valence-electron chi connectivity index (χ2n) is 5.40. The van der Waals surface area contributed by atoms with Gasteiger partial charge >= 0.3 is 6.03 Å². The summed E-state index contributed by atoms with van der Waals surface area (Å²) >= 11 is 0. The van der Waals surface area contributed by atoms with Crippen molar-refractivity contribution in [1.29, 1.82) is 0 Å². The highest BCUT2D eigenvalue weighted by Gasteiger charge is 2.30. The zero-order chi connectivity index (χ0) is 15.4. The number of nitrogens with zero attached hydrogens (tertiary/aromatic N) is 4. The highest BCUT2D eigenvalue weighted by atomic mass is 16.5. The van der Waals surface area contributed by atoms with Crippen LogP contribution in [0.3, 0.4) is 0 Å². The first kappa shape index (κ1) is 14.5. The summed E-state index contributed by atoms with van der Waals surface area (Å²) in [6, 6.07) is 3.26. The standard InChI is InChI=1S/C15H19N5O2/c1-11-17-14(19-22-11)13-5-3-2-4-10-20(13)15(21)18-12-6-8-16-9-7-12/h6-9,13H,2-5,10H2,1H3,(H,16,18,21)/t13-/m0/s1. The molecule has 0 saturated carbocycles. The largest absolute Gasteiger partial charge is 0.340 e. The molecule has 3 heterocycles. The predicted octanol–water partition coefficient (Wildman–Crippen LogP) is 2.92. The van der Waals surface area contributed by atoms with Gasteiger partial charge in [-0.3, -0.25) is 4.98 Å². The summed E-state index contributed by atoms with van der Waals surface area (Å²) < 4.78 is 5.08. The highest BCUT2D eigenvalue weighted by molar-refractivity contribution is 5.89. The van der Waals surface area contributed by atoms with Crippen LogP contribution in [0.5, 0.6) is 0 Å². The molecule has 22 heavy (non-hydrogen) atoms. The Kier molecular flexibility index (Phi) is 4.32. The lowest BCUT2D eigenvalue weighted by Gasteiger charge is -2.27. The number of hydrogen-bond donors (Lipinski definition) is 1. The molecule has 2 aromatic heterocycles. The molecule has 1 fully saturated rings. The molecular weight excluding hydrogens is 282 g/mol. The lowest BCUT2D eigenvalue weighted by Crippen LogP contribution is -2.38. The summed E-state index contributed by atoms with van der Waals surface area (Å²) in [7, 11) is 0. The van der Waals surface area contributed by atoms with Crippen molar-refractivity contribution in [3.63, 3.8) is 0 Å². The van der Waals surface area contributed by atoms with E-state index in [4.69, 9.17) is 4.52 Å². The number of hydrogen-bond acceptors (Lipinski definition) is 5. The molecule has 7 nitrogen and oxygen atoms in total. The monoisotopic (exact) mass is 301 g/mol. The number of amides is 2. The summed E-state index contributed by atoms with van der Waals surface area (Å²) in [4.78, 5) is 22.7. The van der Waals surface area contributed by atoms with E-state index in [1.807, 2.05) is 0 Å². The minimum atomic E-state index is -0.138. The SMILES string of the molecule is Cc1nc([C@@H]2CCCCCN2C(=O)Nc2ccncc2)no1. The number of carbonyl (C=O) groups is 1. The topological polar surface area (TPSA) is 84.2 Å². The van der Waals surface area contributed by atoms with Crippen molar-refractivity contribution < 1.29 is 9.32 Å². The molecular formula is C15H19N5O2. The van der Waals surface area contributed by atoms with Crippen LogP contribution in [0.25, 0.3) is 0 Å². The smallest absolute Gasteiger partial charge is 0.322 e. The number of likely N-dealkylation sites (tertiary alicyclic amines) is 1. The summed E-state index contributed by atoms with van der Waals surface area (Å²) in [5, 5.41) is 6.91. The Morgan fingerprint density at radius 2 is 2.14 bits per heavy atom.